The number of benzene rings is 1. The first-order valence-corrected chi connectivity index (χ1v) is 7.13. The van der Waals surface area contributed by atoms with Crippen LogP contribution in [0.2, 0.25) is 0 Å². The Morgan fingerprint density at radius 3 is 2.53 bits per heavy atom. The molecule has 1 aliphatic rings. The normalized spacial score (nSPS) is 17.8. The molecule has 0 bridgehead atoms. The number of rotatable bonds is 6. The molecule has 0 spiro atoms. The van der Waals surface area contributed by atoms with Crippen LogP contribution in [-0.4, -0.2) is 36.1 Å². The van der Waals surface area contributed by atoms with Gasteiger partial charge in [-0.1, -0.05) is 43.2 Å². The van der Waals surface area contributed by atoms with Gasteiger partial charge in [0.25, 0.3) is 0 Å². The SMILES string of the molecule is CN(CC1CCCC1)CC(C(=O)O)c1ccccc1. The highest BCUT2D eigenvalue weighted by atomic mass is 16.4. The first-order chi connectivity index (χ1) is 9.16. The molecule has 0 radical (unpaired) electrons. The minimum atomic E-state index is -0.732. The third-order valence-electron chi connectivity index (χ3n) is 4.04. The number of carboxylic acids is 1. The minimum Gasteiger partial charge on any atom is -0.481 e. The minimum absolute atomic E-state index is 0.424. The number of nitrogens with zero attached hydrogens (tertiary/aromatic N) is 1. The maximum absolute atomic E-state index is 11.4. The van der Waals surface area contributed by atoms with E-state index >= 15 is 0 Å². The molecule has 1 aromatic carbocycles. The Labute approximate surface area is 115 Å². The maximum atomic E-state index is 11.4. The Kier molecular flexibility index (Phi) is 4.97. The van der Waals surface area contributed by atoms with Gasteiger partial charge in [0.1, 0.15) is 0 Å². The van der Waals surface area contributed by atoms with Crippen molar-refractivity contribution >= 4 is 5.97 Å². The molecule has 1 aromatic rings. The number of aliphatic carboxylic acids is 1. The highest BCUT2D eigenvalue weighted by Gasteiger charge is 2.23. The summed E-state index contributed by atoms with van der Waals surface area (Å²) in [5, 5.41) is 9.41. The van der Waals surface area contributed by atoms with Crippen LogP contribution in [-0.2, 0) is 4.79 Å². The second kappa shape index (κ2) is 6.71. The van der Waals surface area contributed by atoms with E-state index in [2.05, 4.69) is 4.90 Å². The van der Waals surface area contributed by atoms with E-state index in [0.29, 0.717) is 6.54 Å². The predicted octanol–water partition coefficient (Wildman–Crippen LogP) is 2.98. The van der Waals surface area contributed by atoms with Crippen molar-refractivity contribution < 1.29 is 9.90 Å². The lowest BCUT2D eigenvalue weighted by Crippen LogP contribution is -2.32. The monoisotopic (exact) mass is 261 g/mol. The lowest BCUT2D eigenvalue weighted by atomic mass is 9.98. The van der Waals surface area contributed by atoms with Crippen molar-refractivity contribution in [3.8, 4) is 0 Å². The van der Waals surface area contributed by atoms with E-state index in [4.69, 9.17) is 0 Å². The number of hydrogen-bond donors (Lipinski definition) is 1. The quantitative estimate of drug-likeness (QED) is 0.856. The van der Waals surface area contributed by atoms with Gasteiger partial charge in [0.2, 0.25) is 0 Å². The predicted molar refractivity (Wildman–Crippen MR) is 76.3 cm³/mol. The smallest absolute Gasteiger partial charge is 0.312 e. The van der Waals surface area contributed by atoms with Crippen LogP contribution in [0.4, 0.5) is 0 Å². The standard InChI is InChI=1S/C16H23NO2/c1-17(11-13-7-5-6-8-13)12-15(16(18)19)14-9-3-2-4-10-14/h2-4,9-10,13,15H,5-8,11-12H2,1H3,(H,18,19). The molecule has 0 aromatic heterocycles. The summed E-state index contributed by atoms with van der Waals surface area (Å²) in [6.45, 7) is 1.62. The zero-order valence-corrected chi connectivity index (χ0v) is 11.6. The Morgan fingerprint density at radius 2 is 1.95 bits per heavy atom. The van der Waals surface area contributed by atoms with Gasteiger partial charge in [-0.3, -0.25) is 4.79 Å². The maximum Gasteiger partial charge on any atom is 0.312 e. The van der Waals surface area contributed by atoms with Gasteiger partial charge in [-0.2, -0.15) is 0 Å². The average Bonchev–Trinajstić information content (AvgIpc) is 2.89. The van der Waals surface area contributed by atoms with Crippen LogP contribution in [0.5, 0.6) is 0 Å². The van der Waals surface area contributed by atoms with E-state index < -0.39 is 11.9 Å². The van der Waals surface area contributed by atoms with E-state index in [-0.39, 0.29) is 0 Å². The van der Waals surface area contributed by atoms with Crippen molar-refractivity contribution in [1.29, 1.82) is 0 Å². The second-order valence-electron chi connectivity index (χ2n) is 5.67. The summed E-state index contributed by atoms with van der Waals surface area (Å²) in [5.74, 6) is -0.396. The second-order valence-corrected chi connectivity index (χ2v) is 5.67. The van der Waals surface area contributed by atoms with Gasteiger partial charge in [0, 0.05) is 13.1 Å². The highest BCUT2D eigenvalue weighted by molar-refractivity contribution is 5.76. The zero-order valence-electron chi connectivity index (χ0n) is 11.6. The first kappa shape index (κ1) is 14.1. The summed E-state index contributed by atoms with van der Waals surface area (Å²) < 4.78 is 0. The Bertz CT molecular complexity index is 398. The molecule has 0 aliphatic heterocycles. The van der Waals surface area contributed by atoms with Crippen molar-refractivity contribution in [2.24, 2.45) is 5.92 Å². The van der Waals surface area contributed by atoms with E-state index in [9.17, 15) is 9.90 Å². The summed E-state index contributed by atoms with van der Waals surface area (Å²) in [6.07, 6.45) is 5.26. The Balaban J connectivity index is 1.94. The van der Waals surface area contributed by atoms with Crippen LogP contribution >= 0.6 is 0 Å². The fourth-order valence-electron chi connectivity index (χ4n) is 3.03. The molecule has 1 unspecified atom stereocenters. The molecule has 2 rings (SSSR count). The summed E-state index contributed by atoms with van der Waals surface area (Å²) in [4.78, 5) is 13.6. The van der Waals surface area contributed by atoms with Crippen LogP contribution in [0, 0.1) is 5.92 Å². The van der Waals surface area contributed by atoms with Gasteiger partial charge in [0.15, 0.2) is 0 Å². The van der Waals surface area contributed by atoms with Gasteiger partial charge in [-0.25, -0.2) is 0 Å². The van der Waals surface area contributed by atoms with Crippen LogP contribution in [0.25, 0.3) is 0 Å². The van der Waals surface area contributed by atoms with E-state index in [0.717, 1.165) is 18.0 Å². The fraction of sp³-hybridized carbons (Fsp3) is 0.562. The number of hydrogen-bond acceptors (Lipinski definition) is 2. The average molecular weight is 261 g/mol. The van der Waals surface area contributed by atoms with Crippen molar-refractivity contribution in [2.45, 2.75) is 31.6 Å². The molecule has 0 saturated heterocycles. The third kappa shape index (κ3) is 4.06. The van der Waals surface area contributed by atoms with E-state index in [1.54, 1.807) is 0 Å². The lowest BCUT2D eigenvalue weighted by Gasteiger charge is -2.24. The Hall–Kier alpha value is -1.35. The van der Waals surface area contributed by atoms with Crippen LogP contribution in [0.1, 0.15) is 37.2 Å². The summed E-state index contributed by atoms with van der Waals surface area (Å²) >= 11 is 0. The molecule has 3 heteroatoms. The molecular formula is C16H23NO2. The molecule has 1 aliphatic carbocycles. The molecule has 1 N–H and O–H groups in total. The molecule has 3 nitrogen and oxygen atoms in total. The molecule has 1 saturated carbocycles. The summed E-state index contributed by atoms with van der Waals surface area (Å²) in [6, 6.07) is 9.54. The molecular weight excluding hydrogens is 238 g/mol. The molecule has 1 atom stereocenters. The summed E-state index contributed by atoms with van der Waals surface area (Å²) in [5.41, 5.74) is 0.897. The van der Waals surface area contributed by atoms with Gasteiger partial charge >= 0.3 is 5.97 Å². The largest absolute Gasteiger partial charge is 0.481 e. The molecule has 104 valence electrons. The zero-order chi connectivity index (χ0) is 13.7. The van der Waals surface area contributed by atoms with Crippen molar-refractivity contribution in [3.05, 3.63) is 35.9 Å². The van der Waals surface area contributed by atoms with Crippen molar-refractivity contribution in [1.82, 2.24) is 4.90 Å². The van der Waals surface area contributed by atoms with Crippen molar-refractivity contribution in [2.75, 3.05) is 20.1 Å². The third-order valence-corrected chi connectivity index (χ3v) is 4.04. The molecule has 0 amide bonds. The molecule has 19 heavy (non-hydrogen) atoms. The fourth-order valence-corrected chi connectivity index (χ4v) is 3.03. The van der Waals surface area contributed by atoms with E-state index in [1.165, 1.54) is 25.7 Å². The summed E-state index contributed by atoms with van der Waals surface area (Å²) in [7, 11) is 2.04. The van der Waals surface area contributed by atoms with Crippen LogP contribution < -0.4 is 0 Å². The van der Waals surface area contributed by atoms with Gasteiger partial charge in [-0.15, -0.1) is 0 Å². The number of carbonyl (C=O) groups is 1. The van der Waals surface area contributed by atoms with Crippen LogP contribution in [0.15, 0.2) is 30.3 Å². The van der Waals surface area contributed by atoms with Gasteiger partial charge in [0.05, 0.1) is 5.92 Å². The molecule has 1 fully saturated rings. The van der Waals surface area contributed by atoms with Gasteiger partial charge in [-0.05, 0) is 31.4 Å². The first-order valence-electron chi connectivity index (χ1n) is 7.13. The topological polar surface area (TPSA) is 40.5 Å². The lowest BCUT2D eigenvalue weighted by molar-refractivity contribution is -0.139. The Morgan fingerprint density at radius 1 is 1.32 bits per heavy atom. The van der Waals surface area contributed by atoms with Crippen LogP contribution in [0.3, 0.4) is 0 Å². The number of likely N-dealkylation sites (N-methyl/N-ethyl adjacent to an activating group) is 1. The van der Waals surface area contributed by atoms with Gasteiger partial charge < -0.3 is 10.0 Å². The molecule has 0 heterocycles. The number of carboxylic acid groups (broad SMARTS) is 1. The van der Waals surface area contributed by atoms with Crippen molar-refractivity contribution in [3.63, 3.8) is 0 Å². The highest BCUT2D eigenvalue weighted by Crippen LogP contribution is 2.26. The van der Waals surface area contributed by atoms with E-state index in [1.807, 2.05) is 37.4 Å².